The van der Waals surface area contributed by atoms with E-state index in [1.165, 1.54) is 6.07 Å². The van der Waals surface area contributed by atoms with E-state index in [9.17, 15) is 14.0 Å². The zero-order valence-electron chi connectivity index (χ0n) is 23.4. The normalized spacial score (nSPS) is 12.1. The first kappa shape index (κ1) is 28.8. The van der Waals surface area contributed by atoms with Crippen molar-refractivity contribution in [3.05, 3.63) is 143 Å². The Hall–Kier alpha value is -4.25. The van der Waals surface area contributed by atoms with E-state index < -0.39 is 17.4 Å². The molecule has 5 heteroatoms. The summed E-state index contributed by atoms with van der Waals surface area (Å²) in [7, 11) is 0. The largest absolute Gasteiger partial charge is 0.350 e. The van der Waals surface area contributed by atoms with Gasteiger partial charge in [0.05, 0.1) is 0 Å². The molecule has 0 saturated carbocycles. The van der Waals surface area contributed by atoms with Crippen LogP contribution in [-0.4, -0.2) is 28.3 Å². The van der Waals surface area contributed by atoms with Crippen molar-refractivity contribution in [1.82, 2.24) is 10.2 Å². The summed E-state index contributed by atoms with van der Waals surface area (Å²) in [5.41, 5.74) is 2.80. The number of amides is 2. The lowest BCUT2D eigenvalue weighted by Crippen LogP contribution is -2.54. The van der Waals surface area contributed by atoms with E-state index in [0.717, 1.165) is 16.7 Å². The van der Waals surface area contributed by atoms with Gasteiger partial charge in [-0.05, 0) is 43.5 Å². The van der Waals surface area contributed by atoms with Crippen LogP contribution in [0, 0.1) is 5.82 Å². The first-order valence-electron chi connectivity index (χ1n) is 13.7. The van der Waals surface area contributed by atoms with Crippen LogP contribution in [0.4, 0.5) is 4.39 Å². The third-order valence-electron chi connectivity index (χ3n) is 6.85. The van der Waals surface area contributed by atoms with E-state index in [4.69, 9.17) is 0 Å². The molecule has 0 radical (unpaired) electrons. The van der Waals surface area contributed by atoms with Gasteiger partial charge in [0.15, 0.2) is 0 Å². The Balaban J connectivity index is 1.76. The monoisotopic (exact) mass is 536 g/mol. The maximum absolute atomic E-state index is 14.9. The van der Waals surface area contributed by atoms with Crippen molar-refractivity contribution < 1.29 is 14.0 Å². The minimum Gasteiger partial charge on any atom is -0.350 e. The highest BCUT2D eigenvalue weighted by atomic mass is 19.1. The smallest absolute Gasteiger partial charge is 0.243 e. The summed E-state index contributed by atoms with van der Waals surface area (Å²) >= 11 is 0. The second-order valence-electron chi connectivity index (χ2n) is 11.1. The number of benzene rings is 4. The molecule has 1 N–H and O–H groups in total. The van der Waals surface area contributed by atoms with E-state index in [2.05, 4.69) is 5.32 Å². The lowest BCUT2D eigenvalue weighted by Gasteiger charge is -2.35. The maximum Gasteiger partial charge on any atom is 0.243 e. The van der Waals surface area contributed by atoms with Crippen molar-refractivity contribution in [3.63, 3.8) is 0 Å². The number of carbonyl (C=O) groups excluding carboxylic acids is 2. The topological polar surface area (TPSA) is 49.4 Å². The van der Waals surface area contributed by atoms with Gasteiger partial charge in [0.25, 0.3) is 0 Å². The van der Waals surface area contributed by atoms with Crippen molar-refractivity contribution in [2.24, 2.45) is 0 Å². The summed E-state index contributed by atoms with van der Waals surface area (Å²) in [5, 5.41) is 3.07. The van der Waals surface area contributed by atoms with Gasteiger partial charge in [-0.2, -0.15) is 0 Å². The Morgan fingerprint density at radius 1 is 0.750 bits per heavy atom. The average molecular weight is 537 g/mol. The Kier molecular flexibility index (Phi) is 9.49. The molecule has 0 heterocycles. The number of nitrogens with one attached hydrogen (secondary N) is 1. The zero-order chi connectivity index (χ0) is 28.5. The van der Waals surface area contributed by atoms with Gasteiger partial charge >= 0.3 is 0 Å². The third-order valence-corrected chi connectivity index (χ3v) is 6.85. The SMILES string of the molecule is CC(C)(C)NC(=O)[C@@H](Cc1ccccc1)N(Cc1ccccc1F)C(=O)CC(c1ccccc1)c1ccccc1. The minimum absolute atomic E-state index is 0.0170. The highest BCUT2D eigenvalue weighted by molar-refractivity contribution is 5.89. The molecule has 4 aromatic rings. The van der Waals surface area contributed by atoms with E-state index >= 15 is 0 Å². The molecule has 4 nitrogen and oxygen atoms in total. The summed E-state index contributed by atoms with van der Waals surface area (Å²) in [5.74, 6) is -1.11. The summed E-state index contributed by atoms with van der Waals surface area (Å²) in [4.78, 5) is 29.7. The molecule has 0 spiro atoms. The fourth-order valence-electron chi connectivity index (χ4n) is 4.91. The van der Waals surface area contributed by atoms with E-state index in [0.29, 0.717) is 12.0 Å². The van der Waals surface area contributed by atoms with Crippen molar-refractivity contribution >= 4 is 11.8 Å². The van der Waals surface area contributed by atoms with Crippen LogP contribution in [0.1, 0.15) is 55.4 Å². The molecule has 4 rings (SSSR count). The fourth-order valence-corrected chi connectivity index (χ4v) is 4.91. The highest BCUT2D eigenvalue weighted by Gasteiger charge is 2.34. The molecule has 0 fully saturated rings. The zero-order valence-corrected chi connectivity index (χ0v) is 23.4. The number of carbonyl (C=O) groups is 2. The Morgan fingerprint density at radius 2 is 1.25 bits per heavy atom. The molecule has 0 aromatic heterocycles. The lowest BCUT2D eigenvalue weighted by molar-refractivity contribution is -0.142. The molecule has 2 amide bonds. The molecule has 0 unspecified atom stereocenters. The summed E-state index contributed by atoms with van der Waals surface area (Å²) in [6.45, 7) is 5.72. The Bertz CT molecular complexity index is 1350. The molecule has 1 atom stereocenters. The molecule has 0 saturated heterocycles. The molecular weight excluding hydrogens is 499 g/mol. The quantitative estimate of drug-likeness (QED) is 0.240. The predicted octanol–water partition coefficient (Wildman–Crippen LogP) is 6.90. The van der Waals surface area contributed by atoms with E-state index in [-0.39, 0.29) is 30.7 Å². The van der Waals surface area contributed by atoms with Crippen LogP contribution in [0.2, 0.25) is 0 Å². The number of halogens is 1. The van der Waals surface area contributed by atoms with Crippen LogP contribution < -0.4 is 5.32 Å². The van der Waals surface area contributed by atoms with Crippen molar-refractivity contribution in [2.45, 2.75) is 57.7 Å². The Morgan fingerprint density at radius 3 is 1.77 bits per heavy atom. The van der Waals surface area contributed by atoms with E-state index in [1.807, 2.05) is 112 Å². The van der Waals surface area contributed by atoms with Gasteiger partial charge in [-0.25, -0.2) is 4.39 Å². The molecule has 0 aliphatic heterocycles. The number of hydrogen-bond donors (Lipinski definition) is 1. The second kappa shape index (κ2) is 13.2. The summed E-state index contributed by atoms with van der Waals surface area (Å²) < 4.78 is 14.9. The van der Waals surface area contributed by atoms with Gasteiger partial charge in [-0.1, -0.05) is 109 Å². The first-order chi connectivity index (χ1) is 19.2. The molecular formula is C35H37FN2O2. The summed E-state index contributed by atoms with van der Waals surface area (Å²) in [6, 6.07) is 35.0. The first-order valence-corrected chi connectivity index (χ1v) is 13.7. The van der Waals surface area contributed by atoms with Gasteiger partial charge < -0.3 is 10.2 Å². The van der Waals surface area contributed by atoms with Crippen LogP contribution >= 0.6 is 0 Å². The standard InChI is InChI=1S/C35H37FN2O2/c1-35(2,3)37-34(40)32(23-26-15-7-4-8-16-26)38(25-29-21-13-14-22-31(29)36)33(39)24-30(27-17-9-5-10-18-27)28-19-11-6-12-20-28/h4-22,30,32H,23-25H2,1-3H3,(H,37,40)/t32-/m1/s1. The maximum atomic E-state index is 14.9. The average Bonchev–Trinajstić information content (AvgIpc) is 2.95. The number of nitrogens with zero attached hydrogens (tertiary/aromatic N) is 1. The van der Waals surface area contributed by atoms with E-state index in [1.54, 1.807) is 23.1 Å². The minimum atomic E-state index is -0.832. The molecule has 206 valence electrons. The van der Waals surface area contributed by atoms with Gasteiger partial charge in [0.2, 0.25) is 11.8 Å². The van der Waals surface area contributed by atoms with Crippen molar-refractivity contribution in [1.29, 1.82) is 0 Å². The third kappa shape index (κ3) is 7.89. The van der Waals surface area contributed by atoms with Gasteiger partial charge in [-0.15, -0.1) is 0 Å². The van der Waals surface area contributed by atoms with Crippen LogP contribution in [0.5, 0.6) is 0 Å². The molecule has 4 aromatic carbocycles. The molecule has 0 bridgehead atoms. The Labute approximate surface area is 236 Å². The van der Waals surface area contributed by atoms with Crippen molar-refractivity contribution in [2.75, 3.05) is 0 Å². The lowest BCUT2D eigenvalue weighted by atomic mass is 9.87. The fraction of sp³-hybridized carbons (Fsp3) is 0.257. The summed E-state index contributed by atoms with van der Waals surface area (Å²) in [6.07, 6.45) is 0.445. The molecule has 0 aliphatic carbocycles. The number of hydrogen-bond acceptors (Lipinski definition) is 2. The number of rotatable bonds is 10. The predicted molar refractivity (Wildman–Crippen MR) is 158 cm³/mol. The second-order valence-corrected chi connectivity index (χ2v) is 11.1. The van der Waals surface area contributed by atoms with Crippen LogP contribution in [0.25, 0.3) is 0 Å². The van der Waals surface area contributed by atoms with Gasteiger partial charge in [0.1, 0.15) is 11.9 Å². The van der Waals surface area contributed by atoms with Crippen molar-refractivity contribution in [3.8, 4) is 0 Å². The van der Waals surface area contributed by atoms with Gasteiger partial charge in [-0.3, -0.25) is 9.59 Å². The molecule has 40 heavy (non-hydrogen) atoms. The van der Waals surface area contributed by atoms with Crippen LogP contribution in [0.15, 0.2) is 115 Å². The molecule has 0 aliphatic rings. The van der Waals surface area contributed by atoms with Crippen LogP contribution in [0.3, 0.4) is 0 Å². The van der Waals surface area contributed by atoms with Crippen LogP contribution in [-0.2, 0) is 22.6 Å². The highest BCUT2D eigenvalue weighted by Crippen LogP contribution is 2.30. The van der Waals surface area contributed by atoms with Gasteiger partial charge in [0, 0.05) is 36.4 Å².